The lowest BCUT2D eigenvalue weighted by Gasteiger charge is -2.28. The van der Waals surface area contributed by atoms with Crippen molar-refractivity contribution < 1.29 is 14.5 Å². The first-order valence-electron chi connectivity index (χ1n) is 7.95. The molecule has 140 valence electrons. The number of likely N-dealkylation sites (N-methyl/N-ethyl adjacent to an activating group) is 1. The van der Waals surface area contributed by atoms with E-state index in [-0.39, 0.29) is 12.1 Å². The summed E-state index contributed by atoms with van der Waals surface area (Å²) in [6.45, 7) is 1.65. The largest absolute Gasteiger partial charge is 0.332 e. The standard InChI is InChI=1S/C18H15Cl2N3O4/c1-18(10-11-3-5-14(6-4-11)23(26)27)16(24)22(17(25)21(18)2)15-8-12(19)7-13(20)9-15/h3-9H,10H2,1-2H3. The molecule has 2 aromatic rings. The molecule has 1 fully saturated rings. The number of halogens is 2. The normalized spacial score (nSPS) is 19.7. The van der Waals surface area contributed by atoms with Gasteiger partial charge in [-0.25, -0.2) is 9.69 Å². The summed E-state index contributed by atoms with van der Waals surface area (Å²) in [4.78, 5) is 38.6. The average molecular weight is 408 g/mol. The van der Waals surface area contributed by atoms with E-state index in [1.54, 1.807) is 19.1 Å². The zero-order valence-corrected chi connectivity index (χ0v) is 16.0. The van der Waals surface area contributed by atoms with E-state index >= 15 is 0 Å². The molecule has 0 radical (unpaired) electrons. The Morgan fingerprint density at radius 2 is 1.63 bits per heavy atom. The fourth-order valence-electron chi connectivity index (χ4n) is 3.06. The van der Waals surface area contributed by atoms with Crippen molar-refractivity contribution in [2.24, 2.45) is 0 Å². The first kappa shape index (κ1) is 19.1. The number of non-ortho nitro benzene ring substituents is 1. The lowest BCUT2D eigenvalue weighted by Crippen LogP contribution is -2.47. The Kier molecular flexibility index (Phi) is 4.84. The van der Waals surface area contributed by atoms with Gasteiger partial charge in [0.05, 0.1) is 10.6 Å². The molecular formula is C18H15Cl2N3O4. The molecule has 9 heteroatoms. The van der Waals surface area contributed by atoms with E-state index in [4.69, 9.17) is 23.2 Å². The number of rotatable bonds is 4. The van der Waals surface area contributed by atoms with Crippen molar-refractivity contribution in [2.75, 3.05) is 11.9 Å². The molecule has 2 aromatic carbocycles. The van der Waals surface area contributed by atoms with E-state index in [0.29, 0.717) is 21.3 Å². The highest BCUT2D eigenvalue weighted by Crippen LogP contribution is 2.36. The van der Waals surface area contributed by atoms with Crippen LogP contribution in [0.5, 0.6) is 0 Å². The van der Waals surface area contributed by atoms with Crippen LogP contribution < -0.4 is 4.90 Å². The van der Waals surface area contributed by atoms with Crippen molar-refractivity contribution in [3.63, 3.8) is 0 Å². The van der Waals surface area contributed by atoms with Crippen LogP contribution in [0.15, 0.2) is 42.5 Å². The van der Waals surface area contributed by atoms with E-state index in [2.05, 4.69) is 0 Å². The average Bonchev–Trinajstić information content (AvgIpc) is 2.75. The number of hydrogen-bond donors (Lipinski definition) is 0. The fraction of sp³-hybridized carbons (Fsp3) is 0.222. The van der Waals surface area contributed by atoms with Gasteiger partial charge >= 0.3 is 6.03 Å². The van der Waals surface area contributed by atoms with Crippen LogP contribution in [0.3, 0.4) is 0 Å². The predicted octanol–water partition coefficient (Wildman–Crippen LogP) is 4.30. The van der Waals surface area contributed by atoms with Crippen LogP contribution in [0.1, 0.15) is 12.5 Å². The molecule has 1 unspecified atom stereocenters. The Morgan fingerprint density at radius 1 is 1.07 bits per heavy atom. The number of carbonyl (C=O) groups excluding carboxylic acids is 2. The van der Waals surface area contributed by atoms with E-state index in [9.17, 15) is 19.7 Å². The number of imide groups is 1. The van der Waals surface area contributed by atoms with E-state index in [0.717, 1.165) is 4.90 Å². The Labute approximate surface area is 165 Å². The summed E-state index contributed by atoms with van der Waals surface area (Å²) in [7, 11) is 1.54. The zero-order chi connectivity index (χ0) is 19.9. The summed E-state index contributed by atoms with van der Waals surface area (Å²) in [5.41, 5.74) is -0.202. The number of benzene rings is 2. The first-order chi connectivity index (χ1) is 12.6. The highest BCUT2D eigenvalue weighted by molar-refractivity contribution is 6.35. The predicted molar refractivity (Wildman–Crippen MR) is 102 cm³/mol. The van der Waals surface area contributed by atoms with Crippen molar-refractivity contribution in [3.8, 4) is 0 Å². The maximum atomic E-state index is 13.1. The molecule has 0 bridgehead atoms. The van der Waals surface area contributed by atoms with Crippen molar-refractivity contribution in [2.45, 2.75) is 18.9 Å². The van der Waals surface area contributed by atoms with Gasteiger partial charge in [0.25, 0.3) is 11.6 Å². The van der Waals surface area contributed by atoms with Gasteiger partial charge in [-0.15, -0.1) is 0 Å². The number of amides is 3. The zero-order valence-electron chi connectivity index (χ0n) is 14.5. The summed E-state index contributed by atoms with van der Waals surface area (Å²) in [5.74, 6) is -0.424. The second-order valence-corrected chi connectivity index (χ2v) is 7.36. The summed E-state index contributed by atoms with van der Waals surface area (Å²) in [5, 5.41) is 11.4. The highest BCUT2D eigenvalue weighted by atomic mass is 35.5. The Morgan fingerprint density at radius 3 is 2.15 bits per heavy atom. The molecule has 27 heavy (non-hydrogen) atoms. The third kappa shape index (κ3) is 3.36. The molecule has 0 spiro atoms. The molecule has 0 aliphatic carbocycles. The topological polar surface area (TPSA) is 83.8 Å². The van der Waals surface area contributed by atoms with E-state index in [1.165, 1.54) is 42.3 Å². The number of nitrogens with zero attached hydrogens (tertiary/aromatic N) is 3. The SMILES string of the molecule is CN1C(=O)N(c2cc(Cl)cc(Cl)c2)C(=O)C1(C)Cc1ccc([N+](=O)[O-])cc1. The summed E-state index contributed by atoms with van der Waals surface area (Å²) in [6, 6.07) is 9.90. The van der Waals surface area contributed by atoms with Crippen molar-refractivity contribution in [3.05, 3.63) is 68.2 Å². The molecule has 1 heterocycles. The molecule has 1 atom stereocenters. The van der Waals surface area contributed by atoms with Crippen LogP contribution >= 0.6 is 23.2 Å². The molecule has 1 aliphatic rings. The van der Waals surface area contributed by atoms with Crippen molar-refractivity contribution >= 4 is 46.5 Å². The molecule has 0 saturated carbocycles. The smallest absolute Gasteiger partial charge is 0.312 e. The second-order valence-electron chi connectivity index (χ2n) is 6.48. The van der Waals surface area contributed by atoms with Gasteiger partial charge in [0.2, 0.25) is 0 Å². The third-order valence-corrected chi connectivity index (χ3v) is 5.12. The van der Waals surface area contributed by atoms with Gasteiger partial charge in [-0.2, -0.15) is 0 Å². The van der Waals surface area contributed by atoms with Crippen LogP contribution in [0.25, 0.3) is 0 Å². The minimum absolute atomic E-state index is 0.0405. The summed E-state index contributed by atoms with van der Waals surface area (Å²) < 4.78 is 0. The van der Waals surface area contributed by atoms with Crippen LogP contribution in [-0.4, -0.2) is 34.3 Å². The van der Waals surface area contributed by atoms with Crippen molar-refractivity contribution in [1.82, 2.24) is 4.90 Å². The van der Waals surface area contributed by atoms with Gasteiger partial charge in [-0.3, -0.25) is 14.9 Å². The number of hydrogen-bond acceptors (Lipinski definition) is 4. The van der Waals surface area contributed by atoms with Gasteiger partial charge in [0, 0.05) is 35.6 Å². The monoisotopic (exact) mass is 407 g/mol. The first-order valence-corrected chi connectivity index (χ1v) is 8.71. The quantitative estimate of drug-likeness (QED) is 0.429. The molecule has 3 amide bonds. The number of urea groups is 1. The lowest BCUT2D eigenvalue weighted by atomic mass is 9.91. The molecule has 1 saturated heterocycles. The minimum Gasteiger partial charge on any atom is -0.312 e. The fourth-order valence-corrected chi connectivity index (χ4v) is 3.57. The number of nitro groups is 1. The van der Waals surface area contributed by atoms with Gasteiger partial charge < -0.3 is 4.90 Å². The molecule has 3 rings (SSSR count). The Bertz CT molecular complexity index is 928. The number of anilines is 1. The highest BCUT2D eigenvalue weighted by Gasteiger charge is 2.53. The number of nitro benzene ring substituents is 1. The molecule has 0 N–H and O–H groups in total. The van der Waals surface area contributed by atoms with Gasteiger partial charge in [-0.05, 0) is 30.7 Å². The maximum Gasteiger partial charge on any atom is 0.332 e. The third-order valence-electron chi connectivity index (χ3n) is 4.68. The minimum atomic E-state index is -1.15. The molecule has 0 aromatic heterocycles. The van der Waals surface area contributed by atoms with Crippen LogP contribution in [0.4, 0.5) is 16.2 Å². The molecular weight excluding hydrogens is 393 g/mol. The lowest BCUT2D eigenvalue weighted by molar-refractivity contribution is -0.384. The Balaban J connectivity index is 1.94. The van der Waals surface area contributed by atoms with E-state index < -0.39 is 22.4 Å². The van der Waals surface area contributed by atoms with Gasteiger partial charge in [-0.1, -0.05) is 35.3 Å². The summed E-state index contributed by atoms with van der Waals surface area (Å²) >= 11 is 12.0. The van der Waals surface area contributed by atoms with Crippen LogP contribution in [0, 0.1) is 10.1 Å². The second kappa shape index (κ2) is 6.83. The molecule has 1 aliphatic heterocycles. The maximum absolute atomic E-state index is 13.1. The van der Waals surface area contributed by atoms with E-state index in [1.807, 2.05) is 0 Å². The van der Waals surface area contributed by atoms with Gasteiger partial charge in [0.1, 0.15) is 5.54 Å². The molecule has 7 nitrogen and oxygen atoms in total. The van der Waals surface area contributed by atoms with Crippen LogP contribution in [-0.2, 0) is 11.2 Å². The van der Waals surface area contributed by atoms with Crippen LogP contribution in [0.2, 0.25) is 10.0 Å². The Hall–Kier alpha value is -2.64. The van der Waals surface area contributed by atoms with Crippen molar-refractivity contribution in [1.29, 1.82) is 0 Å². The number of carbonyl (C=O) groups is 2. The summed E-state index contributed by atoms with van der Waals surface area (Å²) in [6.07, 6.45) is 0.205. The van der Waals surface area contributed by atoms with Gasteiger partial charge in [0.15, 0.2) is 0 Å².